The lowest BCUT2D eigenvalue weighted by atomic mass is 9.48. The molecule has 0 saturated heterocycles. The van der Waals surface area contributed by atoms with Crippen molar-refractivity contribution in [2.45, 2.75) is 58.4 Å². The van der Waals surface area contributed by atoms with Crippen LogP contribution in [-0.2, 0) is 9.59 Å². The van der Waals surface area contributed by atoms with Gasteiger partial charge in [-0.15, -0.1) is 0 Å². The highest BCUT2D eigenvalue weighted by Crippen LogP contribution is 2.65. The number of rotatable bonds is 1. The molecule has 0 bridgehead atoms. The van der Waals surface area contributed by atoms with E-state index in [2.05, 4.69) is 25.2 Å². The Kier molecular flexibility index (Phi) is 3.46. The number of amides is 1. The van der Waals surface area contributed by atoms with Crippen LogP contribution in [0.1, 0.15) is 52.4 Å². The van der Waals surface area contributed by atoms with Gasteiger partial charge in [-0.25, -0.2) is 0 Å². The first-order valence-electron chi connectivity index (χ1n) is 9.05. The molecule has 4 heteroatoms. The minimum atomic E-state index is -0.127. The molecule has 0 aromatic carbocycles. The summed E-state index contributed by atoms with van der Waals surface area (Å²) in [5, 5.41) is 3.06. The van der Waals surface area contributed by atoms with Crippen molar-refractivity contribution in [3.05, 3.63) is 12.2 Å². The van der Waals surface area contributed by atoms with Crippen LogP contribution in [0.25, 0.3) is 0 Å². The van der Waals surface area contributed by atoms with Gasteiger partial charge in [-0.1, -0.05) is 19.9 Å². The molecule has 7 atom stereocenters. The summed E-state index contributed by atoms with van der Waals surface area (Å²) in [5.74, 6) is 1.98. The summed E-state index contributed by atoms with van der Waals surface area (Å²) in [4.78, 5) is 23.6. The van der Waals surface area contributed by atoms with Crippen LogP contribution < -0.4 is 5.32 Å². The molecule has 1 amide bonds. The minimum Gasteiger partial charge on any atom is -0.349 e. The van der Waals surface area contributed by atoms with Gasteiger partial charge in [0.1, 0.15) is 0 Å². The molecule has 4 rings (SSSR count). The lowest BCUT2D eigenvalue weighted by Crippen LogP contribution is -2.59. The van der Waals surface area contributed by atoms with Crippen LogP contribution in [0, 0.1) is 34.5 Å². The molecular formula is C19H26ClNO2. The van der Waals surface area contributed by atoms with Crippen LogP contribution in [0.5, 0.6) is 0 Å². The van der Waals surface area contributed by atoms with E-state index in [-0.39, 0.29) is 33.9 Å². The Hall–Kier alpha value is -0.830. The topological polar surface area (TPSA) is 46.2 Å². The first kappa shape index (κ1) is 15.7. The number of fused-ring (bicyclic) bond motifs is 5. The molecule has 4 aliphatic rings. The van der Waals surface area contributed by atoms with Crippen LogP contribution in [0.15, 0.2) is 12.2 Å². The van der Waals surface area contributed by atoms with E-state index in [1.54, 1.807) is 6.08 Å². The van der Waals surface area contributed by atoms with Gasteiger partial charge in [0.25, 0.3) is 0 Å². The number of hydrogen-bond donors (Lipinski definition) is 1. The molecule has 1 N–H and O–H groups in total. The maximum Gasteiger partial charge on any atom is 0.243 e. The second-order valence-corrected chi connectivity index (χ2v) is 9.07. The van der Waals surface area contributed by atoms with E-state index in [9.17, 15) is 9.59 Å². The quantitative estimate of drug-likeness (QED) is 0.743. The van der Waals surface area contributed by atoms with Gasteiger partial charge in [0.05, 0.1) is 0 Å². The highest BCUT2D eigenvalue weighted by Gasteiger charge is 2.60. The van der Waals surface area contributed by atoms with Gasteiger partial charge < -0.3 is 5.32 Å². The van der Waals surface area contributed by atoms with Gasteiger partial charge in [0.15, 0.2) is 0 Å². The molecular weight excluding hydrogens is 310 g/mol. The summed E-state index contributed by atoms with van der Waals surface area (Å²) >= 11 is 5.93. The zero-order chi connectivity index (χ0) is 16.4. The van der Waals surface area contributed by atoms with E-state index < -0.39 is 0 Å². The molecule has 3 saturated carbocycles. The third kappa shape index (κ3) is 2.08. The summed E-state index contributed by atoms with van der Waals surface area (Å²) in [6.07, 6.45) is 10.5. The van der Waals surface area contributed by atoms with Crippen LogP contribution in [0.2, 0.25) is 0 Å². The van der Waals surface area contributed by atoms with Gasteiger partial charge in [-0.3, -0.25) is 9.59 Å². The Morgan fingerprint density at radius 1 is 1.17 bits per heavy atom. The smallest absolute Gasteiger partial charge is 0.243 e. The van der Waals surface area contributed by atoms with Crippen molar-refractivity contribution in [2.75, 3.05) is 0 Å². The van der Waals surface area contributed by atoms with Crippen LogP contribution in [-0.4, -0.2) is 17.2 Å². The molecule has 0 aromatic heterocycles. The molecule has 5 unspecified atom stereocenters. The highest BCUT2D eigenvalue weighted by atomic mass is 35.5. The van der Waals surface area contributed by atoms with Crippen molar-refractivity contribution >= 4 is 22.8 Å². The first-order chi connectivity index (χ1) is 10.9. The second-order valence-electron chi connectivity index (χ2n) is 8.69. The van der Waals surface area contributed by atoms with Crippen LogP contribution >= 0.6 is 11.6 Å². The third-order valence-electron chi connectivity index (χ3n) is 7.96. The molecule has 0 spiro atoms. The maximum absolute atomic E-state index is 11.9. The minimum absolute atomic E-state index is 0.0437. The molecule has 23 heavy (non-hydrogen) atoms. The molecule has 0 radical (unpaired) electrons. The molecule has 3 fully saturated rings. The van der Waals surface area contributed by atoms with E-state index in [0.717, 1.165) is 32.1 Å². The Labute approximate surface area is 143 Å². The van der Waals surface area contributed by atoms with Gasteiger partial charge in [-0.05, 0) is 79.4 Å². The van der Waals surface area contributed by atoms with Crippen molar-refractivity contribution < 1.29 is 9.59 Å². The summed E-state index contributed by atoms with van der Waals surface area (Å²) in [5.41, 5.74) is 0.159. The molecule has 126 valence electrons. The van der Waals surface area contributed by atoms with E-state index in [1.807, 2.05) is 0 Å². The van der Waals surface area contributed by atoms with Crippen LogP contribution in [0.4, 0.5) is 0 Å². The van der Waals surface area contributed by atoms with Crippen molar-refractivity contribution in [1.29, 1.82) is 0 Å². The van der Waals surface area contributed by atoms with Crippen LogP contribution in [0.3, 0.4) is 0 Å². The summed E-state index contributed by atoms with van der Waals surface area (Å²) in [6, 6.07) is 0.275. The van der Waals surface area contributed by atoms with Crippen molar-refractivity contribution in [1.82, 2.24) is 5.32 Å². The number of carbonyl (C=O) groups excluding carboxylic acids is 2. The number of nitrogens with one attached hydrogen (secondary N) is 1. The van der Waals surface area contributed by atoms with Crippen molar-refractivity contribution in [3.8, 4) is 0 Å². The monoisotopic (exact) mass is 335 g/mol. The van der Waals surface area contributed by atoms with Gasteiger partial charge in [-0.2, -0.15) is 0 Å². The fraction of sp³-hybridized carbons (Fsp3) is 0.789. The third-order valence-corrected chi connectivity index (χ3v) is 8.22. The Balaban J connectivity index is 1.66. The highest BCUT2D eigenvalue weighted by molar-refractivity contribution is 6.64. The zero-order valence-corrected chi connectivity index (χ0v) is 14.7. The van der Waals surface area contributed by atoms with E-state index >= 15 is 0 Å². The van der Waals surface area contributed by atoms with Crippen molar-refractivity contribution in [3.63, 3.8) is 0 Å². The Morgan fingerprint density at radius 3 is 2.70 bits per heavy atom. The number of halogens is 1. The fourth-order valence-electron chi connectivity index (χ4n) is 6.71. The number of carbonyl (C=O) groups is 2. The van der Waals surface area contributed by atoms with Gasteiger partial charge >= 0.3 is 0 Å². The molecule has 3 aliphatic carbocycles. The lowest BCUT2D eigenvalue weighted by Gasteiger charge is -2.58. The normalized spacial score (nSPS) is 51.4. The SMILES string of the molecule is C[C@]12C=CC(=O)NC1CCC1C2CC[C@]2(C)C(C(=O)Cl)CCC12. The number of hydrogen-bond acceptors (Lipinski definition) is 2. The fourth-order valence-corrected chi connectivity index (χ4v) is 7.06. The largest absolute Gasteiger partial charge is 0.349 e. The van der Waals surface area contributed by atoms with E-state index in [4.69, 9.17) is 11.6 Å². The van der Waals surface area contributed by atoms with E-state index in [1.165, 1.54) is 6.42 Å². The maximum atomic E-state index is 11.9. The molecule has 1 aliphatic heterocycles. The second kappa shape index (κ2) is 5.08. The van der Waals surface area contributed by atoms with Crippen molar-refractivity contribution in [2.24, 2.45) is 34.5 Å². The Morgan fingerprint density at radius 2 is 1.96 bits per heavy atom. The zero-order valence-electron chi connectivity index (χ0n) is 14.0. The molecule has 3 nitrogen and oxygen atoms in total. The molecule has 1 heterocycles. The lowest BCUT2D eigenvalue weighted by molar-refractivity contribution is -0.126. The predicted molar refractivity (Wildman–Crippen MR) is 89.8 cm³/mol. The average Bonchev–Trinajstić information content (AvgIpc) is 2.85. The Bertz CT molecular complexity index is 588. The molecule has 0 aromatic rings. The average molecular weight is 336 g/mol. The van der Waals surface area contributed by atoms with Gasteiger partial charge in [0, 0.05) is 17.4 Å². The summed E-state index contributed by atoms with van der Waals surface area (Å²) in [6.45, 7) is 4.63. The summed E-state index contributed by atoms with van der Waals surface area (Å²) < 4.78 is 0. The predicted octanol–water partition coefficient (Wildman–Crippen LogP) is 3.67. The van der Waals surface area contributed by atoms with Gasteiger partial charge in [0.2, 0.25) is 11.1 Å². The summed E-state index contributed by atoms with van der Waals surface area (Å²) in [7, 11) is 0. The standard InChI is InChI=1S/C19H26ClNO2/c1-18-9-7-13-11(12(18)4-5-14(18)17(20)23)3-6-15-19(13,2)10-8-16(22)21-15/h8,10-15H,3-7,9H2,1-2H3,(H,21,22)/t11?,12?,13?,14?,15?,18-,19+/m0/s1. The first-order valence-corrected chi connectivity index (χ1v) is 9.43. The van der Waals surface area contributed by atoms with E-state index in [0.29, 0.717) is 17.8 Å².